The van der Waals surface area contributed by atoms with Crippen LogP contribution in [0.15, 0.2) is 65.8 Å². The van der Waals surface area contributed by atoms with E-state index in [1.807, 2.05) is 24.3 Å². The lowest BCUT2D eigenvalue weighted by atomic mass is 10.2. The number of amides is 2. The third-order valence-corrected chi connectivity index (χ3v) is 8.37. The molecule has 5 aromatic rings. The molecule has 10 nitrogen and oxygen atoms in total. The van der Waals surface area contributed by atoms with Gasteiger partial charge in [-0.05, 0) is 42.5 Å². The van der Waals surface area contributed by atoms with E-state index in [1.165, 1.54) is 37.3 Å². The number of fused-ring (bicyclic) bond motifs is 1. The second kappa shape index (κ2) is 12.8. The first-order valence-corrected chi connectivity index (χ1v) is 14.6. The first-order valence-electron chi connectivity index (χ1n) is 12.0. The Balaban J connectivity index is 1.34. The summed E-state index contributed by atoms with van der Waals surface area (Å²) >= 11 is 15.0. The van der Waals surface area contributed by atoms with E-state index in [1.54, 1.807) is 41.0 Å². The number of hydrogen-bond acceptors (Lipinski definition) is 9. The maximum absolute atomic E-state index is 13.0. The van der Waals surface area contributed by atoms with E-state index >= 15 is 0 Å². The summed E-state index contributed by atoms with van der Waals surface area (Å²) in [5.74, 6) is 0.814. The van der Waals surface area contributed by atoms with Crippen LogP contribution in [0.25, 0.3) is 15.9 Å². The van der Waals surface area contributed by atoms with Crippen molar-refractivity contribution in [2.45, 2.75) is 11.7 Å². The molecule has 0 aliphatic carbocycles. The van der Waals surface area contributed by atoms with Gasteiger partial charge in [0, 0.05) is 11.6 Å². The van der Waals surface area contributed by atoms with Crippen molar-refractivity contribution in [2.24, 2.45) is 0 Å². The molecule has 3 aromatic carbocycles. The van der Waals surface area contributed by atoms with Gasteiger partial charge in [-0.2, -0.15) is 0 Å². The maximum Gasteiger partial charge on any atom is 0.251 e. The predicted octanol–water partition coefficient (Wildman–Crippen LogP) is 5.86. The summed E-state index contributed by atoms with van der Waals surface area (Å²) in [4.78, 5) is 30.2. The van der Waals surface area contributed by atoms with E-state index in [4.69, 9.17) is 32.7 Å². The number of benzene rings is 3. The molecule has 41 heavy (non-hydrogen) atoms. The van der Waals surface area contributed by atoms with Gasteiger partial charge in [0.15, 0.2) is 16.1 Å². The Kier molecular flexibility index (Phi) is 8.93. The van der Waals surface area contributed by atoms with Gasteiger partial charge in [-0.1, -0.05) is 58.4 Å². The fraction of sp³-hybridized carbons (Fsp3) is 0.148. The zero-order valence-electron chi connectivity index (χ0n) is 21.7. The van der Waals surface area contributed by atoms with Crippen molar-refractivity contribution in [1.82, 2.24) is 25.1 Å². The molecule has 210 valence electrons. The number of hydrogen-bond donors (Lipinski definition) is 2. The number of ether oxygens (including phenoxy) is 2. The van der Waals surface area contributed by atoms with Gasteiger partial charge in [0.2, 0.25) is 5.91 Å². The van der Waals surface area contributed by atoms with Crippen molar-refractivity contribution in [2.75, 3.05) is 25.3 Å². The fourth-order valence-electron chi connectivity index (χ4n) is 3.80. The molecule has 0 aliphatic heterocycles. The van der Waals surface area contributed by atoms with Gasteiger partial charge >= 0.3 is 0 Å². The van der Waals surface area contributed by atoms with Gasteiger partial charge in [0.25, 0.3) is 5.91 Å². The summed E-state index contributed by atoms with van der Waals surface area (Å²) in [6.45, 7) is 0.0318. The molecule has 0 bridgehead atoms. The average molecular weight is 630 g/mol. The first-order chi connectivity index (χ1) is 19.8. The van der Waals surface area contributed by atoms with Crippen molar-refractivity contribution in [1.29, 1.82) is 0 Å². The Labute approximate surface area is 253 Å². The number of carbonyl (C=O) groups is 2. The maximum atomic E-state index is 13.0. The normalized spacial score (nSPS) is 10.9. The quantitative estimate of drug-likeness (QED) is 0.184. The van der Waals surface area contributed by atoms with Crippen LogP contribution in [0.1, 0.15) is 16.2 Å². The lowest BCUT2D eigenvalue weighted by Crippen LogP contribution is -2.24. The number of thioether (sulfide) groups is 1. The van der Waals surface area contributed by atoms with Gasteiger partial charge in [-0.25, -0.2) is 4.98 Å². The van der Waals surface area contributed by atoms with E-state index < -0.39 is 0 Å². The minimum atomic E-state index is -0.365. The summed E-state index contributed by atoms with van der Waals surface area (Å²) in [6.07, 6.45) is 0. The number of nitrogens with zero attached hydrogens (tertiary/aromatic N) is 4. The molecule has 0 atom stereocenters. The fourth-order valence-corrected chi connectivity index (χ4v) is 5.75. The summed E-state index contributed by atoms with van der Waals surface area (Å²) in [5, 5.41) is 15.9. The van der Waals surface area contributed by atoms with Crippen molar-refractivity contribution in [3.05, 3.63) is 82.1 Å². The van der Waals surface area contributed by atoms with Gasteiger partial charge in [0.05, 0.1) is 52.5 Å². The largest absolute Gasteiger partial charge is 0.497 e. The summed E-state index contributed by atoms with van der Waals surface area (Å²) in [7, 11) is 3.02. The Hall–Kier alpha value is -3.84. The van der Waals surface area contributed by atoms with Crippen LogP contribution in [0.3, 0.4) is 0 Å². The Bertz CT molecular complexity index is 1690. The molecule has 2 aromatic heterocycles. The SMILES string of the molecule is COc1cc(OC)cc(C(=O)NCc2nnc(SCC(=O)Nc3nc4ccccc4s3)n2-c2ccc(Cl)c(Cl)c2)c1. The molecule has 5 rings (SSSR count). The summed E-state index contributed by atoms with van der Waals surface area (Å²) in [5.41, 5.74) is 1.78. The van der Waals surface area contributed by atoms with Crippen molar-refractivity contribution >= 4 is 73.5 Å². The van der Waals surface area contributed by atoms with Gasteiger partial charge < -0.3 is 20.1 Å². The minimum Gasteiger partial charge on any atom is -0.497 e. The minimum absolute atomic E-state index is 0.0318. The molecule has 2 amide bonds. The zero-order chi connectivity index (χ0) is 28.9. The van der Waals surface area contributed by atoms with E-state index in [0.717, 1.165) is 10.2 Å². The number of rotatable bonds is 10. The second-order valence-electron chi connectivity index (χ2n) is 8.44. The second-order valence-corrected chi connectivity index (χ2v) is 11.2. The number of carbonyl (C=O) groups excluding carboxylic acids is 2. The first kappa shape index (κ1) is 28.7. The number of thiazole rings is 1. The third-order valence-electron chi connectivity index (χ3n) is 5.76. The zero-order valence-corrected chi connectivity index (χ0v) is 24.8. The van der Waals surface area contributed by atoms with Crippen LogP contribution in [-0.4, -0.2) is 51.5 Å². The highest BCUT2D eigenvalue weighted by Crippen LogP contribution is 2.29. The molecular weight excluding hydrogens is 607 g/mol. The van der Waals surface area contributed by atoms with E-state index in [0.29, 0.717) is 48.9 Å². The summed E-state index contributed by atoms with van der Waals surface area (Å²) in [6, 6.07) is 17.6. The van der Waals surface area contributed by atoms with Gasteiger partial charge in [0.1, 0.15) is 11.5 Å². The lowest BCUT2D eigenvalue weighted by Gasteiger charge is -2.12. The van der Waals surface area contributed by atoms with Gasteiger partial charge in [-0.15, -0.1) is 10.2 Å². The standard InChI is InChI=1S/C27H22Cl2N6O4S2/c1-38-17-9-15(10-18(12-17)39-2)25(37)30-13-23-33-34-27(35(23)16-7-8-19(28)20(29)11-16)40-14-24(36)32-26-31-21-5-3-4-6-22(21)41-26/h3-12H,13-14H2,1-2H3,(H,30,37)(H,31,32,36). The van der Waals surface area contributed by atoms with E-state index in [-0.39, 0.29) is 24.1 Å². The van der Waals surface area contributed by atoms with E-state index in [2.05, 4.69) is 25.8 Å². The topological polar surface area (TPSA) is 120 Å². The van der Waals surface area contributed by atoms with Crippen LogP contribution in [0.4, 0.5) is 5.13 Å². The predicted molar refractivity (Wildman–Crippen MR) is 161 cm³/mol. The number of anilines is 1. The van der Waals surface area contributed by atoms with Crippen molar-refractivity contribution in [3.63, 3.8) is 0 Å². The van der Waals surface area contributed by atoms with Gasteiger partial charge in [-0.3, -0.25) is 14.2 Å². The molecule has 0 spiro atoms. The number of aromatic nitrogens is 4. The smallest absolute Gasteiger partial charge is 0.251 e. The van der Waals surface area contributed by atoms with Crippen LogP contribution < -0.4 is 20.1 Å². The van der Waals surface area contributed by atoms with Crippen LogP contribution in [0.5, 0.6) is 11.5 Å². The van der Waals surface area contributed by atoms with Crippen molar-refractivity contribution < 1.29 is 19.1 Å². The lowest BCUT2D eigenvalue weighted by molar-refractivity contribution is -0.113. The number of nitrogens with one attached hydrogen (secondary N) is 2. The molecule has 0 radical (unpaired) electrons. The molecule has 14 heteroatoms. The molecule has 2 N–H and O–H groups in total. The molecule has 0 unspecified atom stereocenters. The van der Waals surface area contributed by atoms with Crippen LogP contribution in [0.2, 0.25) is 10.0 Å². The molecule has 0 aliphatic rings. The average Bonchev–Trinajstić information content (AvgIpc) is 3.59. The number of halogens is 2. The third kappa shape index (κ3) is 6.73. The monoisotopic (exact) mass is 628 g/mol. The number of methoxy groups -OCH3 is 2. The van der Waals surface area contributed by atoms with E-state index in [9.17, 15) is 9.59 Å². The molecular formula is C27H22Cl2N6O4S2. The molecule has 0 fully saturated rings. The summed E-state index contributed by atoms with van der Waals surface area (Å²) < 4.78 is 13.2. The Morgan fingerprint density at radius 3 is 2.44 bits per heavy atom. The molecule has 0 saturated heterocycles. The highest BCUT2D eigenvalue weighted by molar-refractivity contribution is 7.99. The molecule has 0 saturated carbocycles. The van der Waals surface area contributed by atoms with Crippen LogP contribution in [0, 0.1) is 0 Å². The Morgan fingerprint density at radius 1 is 0.976 bits per heavy atom. The van der Waals surface area contributed by atoms with Crippen LogP contribution in [-0.2, 0) is 11.3 Å². The van der Waals surface area contributed by atoms with Crippen LogP contribution >= 0.6 is 46.3 Å². The highest BCUT2D eigenvalue weighted by Gasteiger charge is 2.19. The Morgan fingerprint density at radius 2 is 1.73 bits per heavy atom. The highest BCUT2D eigenvalue weighted by atomic mass is 35.5. The van der Waals surface area contributed by atoms with Crippen molar-refractivity contribution in [3.8, 4) is 17.2 Å². The number of para-hydroxylation sites is 1. The molecule has 2 heterocycles.